The topological polar surface area (TPSA) is 129 Å². The number of amides is 1. The van der Waals surface area contributed by atoms with E-state index in [0.29, 0.717) is 24.2 Å². The van der Waals surface area contributed by atoms with Gasteiger partial charge in [-0.1, -0.05) is 19.0 Å². The first-order valence-electron chi connectivity index (χ1n) is 8.37. The monoisotopic (exact) mass is 346 g/mol. The van der Waals surface area contributed by atoms with Gasteiger partial charge in [0.05, 0.1) is 6.54 Å². The molecule has 0 saturated carbocycles. The molecule has 0 spiro atoms. The van der Waals surface area contributed by atoms with Gasteiger partial charge in [-0.15, -0.1) is 0 Å². The van der Waals surface area contributed by atoms with Gasteiger partial charge in [0.1, 0.15) is 11.8 Å². The van der Waals surface area contributed by atoms with Crippen LogP contribution in [0.3, 0.4) is 0 Å². The van der Waals surface area contributed by atoms with Crippen LogP contribution in [0.2, 0.25) is 0 Å². The number of nitrogen functional groups attached to an aromatic ring is 1. The number of nitrogens with two attached hydrogens (primary N) is 1. The maximum Gasteiger partial charge on any atom is 0.270 e. The second kappa shape index (κ2) is 7.56. The van der Waals surface area contributed by atoms with Crippen molar-refractivity contribution in [1.29, 1.82) is 0 Å². The molecule has 3 N–H and O–H groups in total. The minimum absolute atomic E-state index is 0.0866. The summed E-state index contributed by atoms with van der Waals surface area (Å²) in [4.78, 5) is 24.7. The molecule has 1 atom stereocenters. The number of hydrogen-bond acceptors (Lipinski definition) is 8. The lowest BCUT2D eigenvalue weighted by Gasteiger charge is -2.07. The first kappa shape index (κ1) is 17.3. The van der Waals surface area contributed by atoms with E-state index in [2.05, 4.69) is 39.3 Å². The minimum Gasteiger partial charge on any atom is -0.368 e. The number of hydrogen-bond donors (Lipinski definition) is 2. The zero-order valence-electron chi connectivity index (χ0n) is 14.4. The first-order valence-corrected chi connectivity index (χ1v) is 8.37. The Balaban J connectivity index is 1.61. The normalized spacial score (nSPS) is 17.2. The van der Waals surface area contributed by atoms with Crippen LogP contribution in [0, 0.1) is 5.92 Å². The van der Waals surface area contributed by atoms with Crippen molar-refractivity contribution in [2.75, 3.05) is 12.3 Å². The van der Waals surface area contributed by atoms with E-state index in [0.717, 1.165) is 25.0 Å². The van der Waals surface area contributed by atoms with E-state index in [4.69, 9.17) is 15.0 Å². The van der Waals surface area contributed by atoms with Crippen molar-refractivity contribution >= 4 is 11.9 Å². The Hall–Kier alpha value is -2.55. The summed E-state index contributed by atoms with van der Waals surface area (Å²) in [6.45, 7) is 4.98. The fraction of sp³-hybridized carbons (Fsp3) is 0.562. The molecule has 3 heterocycles. The highest BCUT2D eigenvalue weighted by atomic mass is 16.5. The molecule has 1 aliphatic rings. The van der Waals surface area contributed by atoms with Crippen LogP contribution >= 0.6 is 0 Å². The van der Waals surface area contributed by atoms with E-state index in [1.807, 2.05) is 0 Å². The van der Waals surface area contributed by atoms with Crippen molar-refractivity contribution in [2.45, 2.75) is 45.8 Å². The van der Waals surface area contributed by atoms with Gasteiger partial charge in [0.25, 0.3) is 11.8 Å². The Bertz CT molecular complexity index is 739. The van der Waals surface area contributed by atoms with E-state index in [1.54, 1.807) is 6.07 Å². The summed E-state index contributed by atoms with van der Waals surface area (Å²) in [5.74, 6) is 0.974. The third-order valence-corrected chi connectivity index (χ3v) is 3.74. The van der Waals surface area contributed by atoms with E-state index in [-0.39, 0.29) is 30.2 Å². The third kappa shape index (κ3) is 4.50. The van der Waals surface area contributed by atoms with E-state index in [1.165, 1.54) is 0 Å². The highest BCUT2D eigenvalue weighted by molar-refractivity contribution is 5.92. The molecule has 2 aromatic heterocycles. The minimum atomic E-state index is -0.359. The van der Waals surface area contributed by atoms with E-state index >= 15 is 0 Å². The highest BCUT2D eigenvalue weighted by Crippen LogP contribution is 2.26. The van der Waals surface area contributed by atoms with E-state index < -0.39 is 0 Å². The molecule has 1 saturated heterocycles. The molecular weight excluding hydrogens is 324 g/mol. The summed E-state index contributed by atoms with van der Waals surface area (Å²) >= 11 is 0. The number of nitrogens with one attached hydrogen (secondary N) is 1. The summed E-state index contributed by atoms with van der Waals surface area (Å²) in [6.07, 6.45) is 2.43. The molecule has 9 nitrogen and oxygen atoms in total. The van der Waals surface area contributed by atoms with Gasteiger partial charge in [-0.2, -0.15) is 4.98 Å². The lowest BCUT2D eigenvalue weighted by atomic mass is 10.1. The van der Waals surface area contributed by atoms with Gasteiger partial charge >= 0.3 is 0 Å². The Morgan fingerprint density at radius 1 is 1.40 bits per heavy atom. The molecule has 0 bridgehead atoms. The Labute approximate surface area is 145 Å². The van der Waals surface area contributed by atoms with Crippen molar-refractivity contribution in [1.82, 2.24) is 25.4 Å². The van der Waals surface area contributed by atoms with Crippen LogP contribution in [0.1, 0.15) is 60.7 Å². The second-order valence-corrected chi connectivity index (χ2v) is 6.43. The van der Waals surface area contributed by atoms with Gasteiger partial charge in [0.15, 0.2) is 5.82 Å². The zero-order chi connectivity index (χ0) is 17.8. The van der Waals surface area contributed by atoms with Crippen LogP contribution in [0.5, 0.6) is 0 Å². The van der Waals surface area contributed by atoms with Crippen molar-refractivity contribution < 1.29 is 14.1 Å². The fourth-order valence-electron chi connectivity index (χ4n) is 2.65. The predicted octanol–water partition coefficient (Wildman–Crippen LogP) is 1.42. The van der Waals surface area contributed by atoms with Crippen molar-refractivity contribution in [3.8, 4) is 0 Å². The third-order valence-electron chi connectivity index (χ3n) is 3.74. The number of nitrogens with zero attached hydrogens (tertiary/aromatic N) is 4. The number of carbonyl (C=O) groups is 1. The number of ether oxygens (including phenoxy) is 1. The molecule has 3 rings (SSSR count). The summed E-state index contributed by atoms with van der Waals surface area (Å²) < 4.78 is 10.7. The maximum atomic E-state index is 12.3. The molecule has 1 fully saturated rings. The van der Waals surface area contributed by atoms with Crippen LogP contribution < -0.4 is 11.1 Å². The molecule has 1 unspecified atom stereocenters. The SMILES string of the molecule is CC(C)Cc1cc(C(=O)NCc2noc(C3CCCO3)n2)nc(N)n1. The second-order valence-electron chi connectivity index (χ2n) is 6.43. The molecular formula is C16H22N6O3. The number of carbonyl (C=O) groups excluding carboxylic acids is 1. The molecule has 0 radical (unpaired) electrons. The maximum absolute atomic E-state index is 12.3. The van der Waals surface area contributed by atoms with Gasteiger partial charge in [0, 0.05) is 12.3 Å². The van der Waals surface area contributed by atoms with Crippen LogP contribution in [0.25, 0.3) is 0 Å². The van der Waals surface area contributed by atoms with Crippen LogP contribution in [-0.4, -0.2) is 32.6 Å². The van der Waals surface area contributed by atoms with Crippen molar-refractivity contribution in [2.24, 2.45) is 5.92 Å². The van der Waals surface area contributed by atoms with Crippen LogP contribution in [0.15, 0.2) is 10.6 Å². The molecule has 0 aliphatic carbocycles. The predicted molar refractivity (Wildman–Crippen MR) is 88.4 cm³/mol. The quantitative estimate of drug-likeness (QED) is 0.803. The number of aromatic nitrogens is 4. The van der Waals surface area contributed by atoms with Gasteiger partial charge in [-0.3, -0.25) is 4.79 Å². The molecule has 1 aliphatic heterocycles. The van der Waals surface area contributed by atoms with Crippen LogP contribution in [0.4, 0.5) is 5.95 Å². The average molecular weight is 346 g/mol. The summed E-state index contributed by atoms with van der Waals surface area (Å²) in [5.41, 5.74) is 6.67. The summed E-state index contributed by atoms with van der Waals surface area (Å²) in [7, 11) is 0. The fourth-order valence-corrected chi connectivity index (χ4v) is 2.65. The van der Waals surface area contributed by atoms with Crippen molar-refractivity contribution in [3.05, 3.63) is 29.2 Å². The van der Waals surface area contributed by atoms with Crippen LogP contribution in [-0.2, 0) is 17.7 Å². The summed E-state index contributed by atoms with van der Waals surface area (Å²) in [6, 6.07) is 1.65. The first-order chi connectivity index (χ1) is 12.0. The molecule has 9 heteroatoms. The number of rotatable bonds is 6. The highest BCUT2D eigenvalue weighted by Gasteiger charge is 2.24. The lowest BCUT2D eigenvalue weighted by Crippen LogP contribution is -2.25. The van der Waals surface area contributed by atoms with Gasteiger partial charge in [-0.25, -0.2) is 9.97 Å². The Morgan fingerprint density at radius 2 is 2.24 bits per heavy atom. The van der Waals surface area contributed by atoms with Gasteiger partial charge in [0.2, 0.25) is 5.95 Å². The summed E-state index contributed by atoms with van der Waals surface area (Å²) in [5, 5.41) is 6.58. The average Bonchev–Trinajstić information content (AvgIpc) is 3.22. The van der Waals surface area contributed by atoms with Gasteiger partial charge in [-0.05, 0) is 31.2 Å². The molecule has 1 amide bonds. The molecule has 2 aromatic rings. The smallest absolute Gasteiger partial charge is 0.270 e. The van der Waals surface area contributed by atoms with Gasteiger partial charge < -0.3 is 20.3 Å². The number of anilines is 1. The Morgan fingerprint density at radius 3 is 2.96 bits per heavy atom. The lowest BCUT2D eigenvalue weighted by molar-refractivity contribution is 0.0835. The van der Waals surface area contributed by atoms with E-state index in [9.17, 15) is 4.79 Å². The Kier molecular flexibility index (Phi) is 5.22. The largest absolute Gasteiger partial charge is 0.368 e. The molecule has 134 valence electrons. The van der Waals surface area contributed by atoms with Crippen molar-refractivity contribution in [3.63, 3.8) is 0 Å². The standard InChI is InChI=1S/C16H22N6O3/c1-9(2)6-10-7-11(20-16(17)19-10)14(23)18-8-13-21-15(25-22-13)12-4-3-5-24-12/h7,9,12H,3-6,8H2,1-2H3,(H,18,23)(H2,17,19,20). The molecule has 0 aromatic carbocycles. The molecule has 25 heavy (non-hydrogen) atoms. The zero-order valence-corrected chi connectivity index (χ0v) is 14.4.